The van der Waals surface area contributed by atoms with Crippen LogP contribution in [0.4, 0.5) is 0 Å². The highest BCUT2D eigenvalue weighted by Gasteiger charge is 2.34. The third-order valence-corrected chi connectivity index (χ3v) is 7.47. The van der Waals surface area contributed by atoms with Gasteiger partial charge in [-0.2, -0.15) is 0 Å². The number of aromatic nitrogens is 2. The quantitative estimate of drug-likeness (QED) is 0.115. The molecule has 12 heteroatoms. The fourth-order valence-corrected chi connectivity index (χ4v) is 5.06. The molecular weight excluding hydrogens is 552 g/mol. The minimum absolute atomic E-state index is 0.0233. The van der Waals surface area contributed by atoms with E-state index in [1.165, 1.54) is 6.92 Å². The number of aliphatic carboxylic acids is 1. The number of carboxylic acid groups (broad SMARTS) is 1. The van der Waals surface area contributed by atoms with Crippen LogP contribution in [0.3, 0.4) is 0 Å². The number of aliphatic hydroxyl groups excluding tert-OH is 1. The number of H-pyrrole nitrogens is 2. The van der Waals surface area contributed by atoms with Crippen molar-refractivity contribution in [3.05, 3.63) is 72.1 Å². The van der Waals surface area contributed by atoms with Gasteiger partial charge in [0.2, 0.25) is 17.7 Å². The lowest BCUT2D eigenvalue weighted by atomic mass is 10.00. The van der Waals surface area contributed by atoms with Crippen molar-refractivity contribution in [2.24, 2.45) is 11.7 Å². The molecule has 2 aromatic heterocycles. The molecule has 4 aromatic rings. The summed E-state index contributed by atoms with van der Waals surface area (Å²) in [5.41, 5.74) is 9.48. The average molecular weight is 591 g/mol. The third kappa shape index (κ3) is 7.40. The summed E-state index contributed by atoms with van der Waals surface area (Å²) in [5.74, 6) is -3.81. The summed E-state index contributed by atoms with van der Waals surface area (Å²) >= 11 is 0. The molecule has 228 valence electrons. The normalized spacial score (nSPS) is 15.0. The van der Waals surface area contributed by atoms with Crippen LogP contribution in [-0.4, -0.2) is 74.1 Å². The SMILES string of the molecule is CC(C)C(NC(=O)C(N)Cc1c[nH]c2ccccc12)C(=O)NC(C(=O)NC(Cc1c[nH]c2ccccc12)C(=O)O)C(C)O. The highest BCUT2D eigenvalue weighted by Crippen LogP contribution is 2.20. The molecule has 2 heterocycles. The molecule has 5 atom stereocenters. The fourth-order valence-electron chi connectivity index (χ4n) is 5.06. The van der Waals surface area contributed by atoms with Crippen LogP contribution in [-0.2, 0) is 32.0 Å². The lowest BCUT2D eigenvalue weighted by Crippen LogP contribution is -2.61. The Kier molecular flexibility index (Phi) is 9.84. The number of hydrogen-bond donors (Lipinski definition) is 8. The van der Waals surface area contributed by atoms with Gasteiger partial charge >= 0.3 is 5.97 Å². The molecule has 43 heavy (non-hydrogen) atoms. The van der Waals surface area contributed by atoms with Gasteiger partial charge in [0.15, 0.2) is 0 Å². The van der Waals surface area contributed by atoms with Crippen LogP contribution >= 0.6 is 0 Å². The van der Waals surface area contributed by atoms with Gasteiger partial charge in [0.05, 0.1) is 12.1 Å². The maximum Gasteiger partial charge on any atom is 0.326 e. The average Bonchev–Trinajstić information content (AvgIpc) is 3.57. The Balaban J connectivity index is 1.41. The van der Waals surface area contributed by atoms with Crippen LogP contribution in [0.5, 0.6) is 0 Å². The van der Waals surface area contributed by atoms with Gasteiger partial charge in [0.1, 0.15) is 18.1 Å². The second-order valence-electron chi connectivity index (χ2n) is 11.1. The second kappa shape index (κ2) is 13.5. The van der Waals surface area contributed by atoms with Crippen molar-refractivity contribution in [1.29, 1.82) is 0 Å². The standard InChI is InChI=1S/C31H38N6O6/c1-16(2)26(36-28(39)22(32)12-18-14-33-23-10-6-4-8-20(18)23)29(40)37-27(17(3)38)30(41)35-25(31(42)43)13-19-15-34-24-11-7-5-9-21(19)24/h4-11,14-17,22,25-27,33-34,38H,12-13,32H2,1-3H3,(H,35,41)(H,36,39)(H,37,40)(H,42,43). The number of amides is 3. The number of hydrogen-bond acceptors (Lipinski definition) is 6. The molecular formula is C31H38N6O6. The van der Waals surface area contributed by atoms with Gasteiger partial charge in [-0.15, -0.1) is 0 Å². The Morgan fingerprint density at radius 3 is 1.74 bits per heavy atom. The largest absolute Gasteiger partial charge is 0.480 e. The number of fused-ring (bicyclic) bond motifs is 2. The number of carbonyl (C=O) groups is 4. The molecule has 0 spiro atoms. The van der Waals surface area contributed by atoms with Crippen molar-refractivity contribution in [3.63, 3.8) is 0 Å². The first-order valence-corrected chi connectivity index (χ1v) is 14.1. The first-order chi connectivity index (χ1) is 20.5. The zero-order chi connectivity index (χ0) is 31.3. The Labute approximate surface area is 248 Å². The number of para-hydroxylation sites is 2. The summed E-state index contributed by atoms with van der Waals surface area (Å²) in [6.45, 7) is 4.74. The zero-order valence-electron chi connectivity index (χ0n) is 24.3. The van der Waals surface area contributed by atoms with E-state index in [1.54, 1.807) is 26.2 Å². The van der Waals surface area contributed by atoms with E-state index in [1.807, 2.05) is 48.5 Å². The minimum atomic E-state index is -1.48. The molecule has 0 aliphatic carbocycles. The van der Waals surface area contributed by atoms with Gasteiger partial charge in [0, 0.05) is 40.6 Å². The van der Waals surface area contributed by atoms with Crippen LogP contribution < -0.4 is 21.7 Å². The van der Waals surface area contributed by atoms with Crippen LogP contribution in [0.25, 0.3) is 21.8 Å². The van der Waals surface area contributed by atoms with Crippen LogP contribution in [0.2, 0.25) is 0 Å². The van der Waals surface area contributed by atoms with E-state index in [9.17, 15) is 29.4 Å². The molecule has 9 N–H and O–H groups in total. The van der Waals surface area contributed by atoms with E-state index in [0.717, 1.165) is 27.4 Å². The number of aromatic amines is 2. The number of aliphatic hydroxyl groups is 1. The van der Waals surface area contributed by atoms with Gasteiger partial charge < -0.3 is 41.9 Å². The van der Waals surface area contributed by atoms with Crippen LogP contribution in [0.1, 0.15) is 31.9 Å². The second-order valence-corrected chi connectivity index (χ2v) is 11.1. The molecule has 5 unspecified atom stereocenters. The monoisotopic (exact) mass is 590 g/mol. The topological polar surface area (TPSA) is 202 Å². The molecule has 0 saturated carbocycles. The Hall–Kier alpha value is -4.68. The highest BCUT2D eigenvalue weighted by atomic mass is 16.4. The number of carboxylic acids is 1. The Morgan fingerprint density at radius 1 is 0.744 bits per heavy atom. The van der Waals surface area contributed by atoms with Crippen LogP contribution in [0, 0.1) is 5.92 Å². The number of nitrogens with one attached hydrogen (secondary N) is 5. The minimum Gasteiger partial charge on any atom is -0.480 e. The zero-order valence-corrected chi connectivity index (χ0v) is 24.3. The van der Waals surface area contributed by atoms with Gasteiger partial charge in [-0.05, 0) is 42.5 Å². The first kappa shape index (κ1) is 31.3. The van der Waals surface area contributed by atoms with E-state index in [4.69, 9.17) is 5.73 Å². The molecule has 0 saturated heterocycles. The number of benzene rings is 2. The smallest absolute Gasteiger partial charge is 0.326 e. The summed E-state index contributed by atoms with van der Waals surface area (Å²) in [6, 6.07) is 10.2. The third-order valence-electron chi connectivity index (χ3n) is 7.47. The lowest BCUT2D eigenvalue weighted by Gasteiger charge is -2.28. The van der Waals surface area contributed by atoms with Crippen molar-refractivity contribution < 1.29 is 29.4 Å². The molecule has 0 fully saturated rings. The van der Waals surface area contributed by atoms with Crippen molar-refractivity contribution >= 4 is 45.5 Å². The van der Waals surface area contributed by atoms with Crippen LogP contribution in [0.15, 0.2) is 60.9 Å². The molecule has 0 aliphatic rings. The van der Waals surface area contributed by atoms with Crippen molar-refractivity contribution in [1.82, 2.24) is 25.9 Å². The number of nitrogens with two attached hydrogens (primary N) is 1. The molecule has 0 bridgehead atoms. The van der Waals surface area contributed by atoms with Gasteiger partial charge in [0.25, 0.3) is 0 Å². The van der Waals surface area contributed by atoms with E-state index in [0.29, 0.717) is 5.56 Å². The van der Waals surface area contributed by atoms with Crippen molar-refractivity contribution in [2.75, 3.05) is 0 Å². The maximum absolute atomic E-state index is 13.3. The van der Waals surface area contributed by atoms with Gasteiger partial charge in [-0.25, -0.2) is 4.79 Å². The molecule has 4 rings (SSSR count). The van der Waals surface area contributed by atoms with E-state index in [-0.39, 0.29) is 12.8 Å². The van der Waals surface area contributed by atoms with Crippen molar-refractivity contribution in [3.8, 4) is 0 Å². The Bertz CT molecular complexity index is 1610. The molecule has 0 radical (unpaired) electrons. The van der Waals surface area contributed by atoms with E-state index >= 15 is 0 Å². The summed E-state index contributed by atoms with van der Waals surface area (Å²) in [7, 11) is 0. The van der Waals surface area contributed by atoms with E-state index < -0.39 is 59.9 Å². The Morgan fingerprint density at radius 2 is 1.23 bits per heavy atom. The molecule has 12 nitrogen and oxygen atoms in total. The first-order valence-electron chi connectivity index (χ1n) is 14.1. The highest BCUT2D eigenvalue weighted by molar-refractivity contribution is 5.95. The van der Waals surface area contributed by atoms with Gasteiger partial charge in [-0.1, -0.05) is 50.2 Å². The van der Waals surface area contributed by atoms with E-state index in [2.05, 4.69) is 25.9 Å². The molecule has 0 aliphatic heterocycles. The predicted molar refractivity (Wildman–Crippen MR) is 162 cm³/mol. The van der Waals surface area contributed by atoms with Gasteiger partial charge in [-0.3, -0.25) is 14.4 Å². The summed E-state index contributed by atoms with van der Waals surface area (Å²) in [4.78, 5) is 57.7. The number of rotatable bonds is 13. The summed E-state index contributed by atoms with van der Waals surface area (Å²) in [5, 5.41) is 29.5. The maximum atomic E-state index is 13.3. The molecule has 2 aromatic carbocycles. The summed E-state index contributed by atoms with van der Waals surface area (Å²) in [6.07, 6.45) is 2.32. The summed E-state index contributed by atoms with van der Waals surface area (Å²) < 4.78 is 0. The fraction of sp³-hybridized carbons (Fsp3) is 0.355. The molecule has 3 amide bonds. The van der Waals surface area contributed by atoms with Crippen molar-refractivity contribution in [2.45, 2.75) is 63.9 Å². The number of carbonyl (C=O) groups excluding carboxylic acids is 3. The predicted octanol–water partition coefficient (Wildman–Crippen LogP) is 1.34. The lowest BCUT2D eigenvalue weighted by molar-refractivity contribution is -0.143.